The number of halogens is 1. The summed E-state index contributed by atoms with van der Waals surface area (Å²) < 4.78 is 11.9. The third-order valence-corrected chi connectivity index (χ3v) is 3.99. The molecule has 7 nitrogen and oxygen atoms in total. The monoisotopic (exact) mass is 374 g/mol. The predicted octanol–water partition coefficient (Wildman–Crippen LogP) is 3.77. The number of hydrogen-bond donors (Lipinski definition) is 0. The van der Waals surface area contributed by atoms with E-state index in [1.807, 2.05) is 30.3 Å². The van der Waals surface area contributed by atoms with Gasteiger partial charge in [-0.25, -0.2) is 9.48 Å². The summed E-state index contributed by atoms with van der Waals surface area (Å²) in [5.41, 5.74) is 1.46. The summed E-state index contributed by atoms with van der Waals surface area (Å²) in [6.07, 6.45) is 0.701. The maximum Gasteiger partial charge on any atom is 0.343 e. The van der Waals surface area contributed by atoms with Crippen molar-refractivity contribution in [1.29, 1.82) is 0 Å². The van der Waals surface area contributed by atoms with Crippen LogP contribution in [0, 0.1) is 12.8 Å². The first-order valence-corrected chi connectivity index (χ1v) is 8.62. The molecule has 1 aromatic carbocycles. The molecule has 3 rings (SSSR count). The Morgan fingerprint density at radius 1 is 1.31 bits per heavy atom. The predicted molar refractivity (Wildman–Crippen MR) is 95.3 cm³/mol. The highest BCUT2D eigenvalue weighted by molar-refractivity contribution is 6.33. The Kier molecular flexibility index (Phi) is 5.37. The molecule has 0 saturated heterocycles. The number of hydrogen-bond acceptors (Lipinski definition) is 6. The highest BCUT2D eigenvalue weighted by atomic mass is 35.5. The Hall–Kier alpha value is -2.67. The van der Waals surface area contributed by atoms with E-state index in [9.17, 15) is 4.79 Å². The molecule has 0 aliphatic heterocycles. The molecule has 0 spiro atoms. The van der Waals surface area contributed by atoms with Crippen LogP contribution in [0.15, 0.2) is 34.9 Å². The SMILES string of the molecule is Cc1nn(-c2ccccc2)c(Cl)c1C(=O)OCc1nc(CC(C)C)no1. The van der Waals surface area contributed by atoms with Gasteiger partial charge in [-0.3, -0.25) is 0 Å². The third-order valence-electron chi connectivity index (χ3n) is 3.64. The van der Waals surface area contributed by atoms with E-state index in [0.29, 0.717) is 23.9 Å². The fraction of sp³-hybridized carbons (Fsp3) is 0.333. The molecular weight excluding hydrogens is 356 g/mol. The smallest absolute Gasteiger partial charge is 0.343 e. The van der Waals surface area contributed by atoms with Crippen LogP contribution >= 0.6 is 11.6 Å². The molecule has 0 aliphatic rings. The minimum atomic E-state index is -0.585. The van der Waals surface area contributed by atoms with Crippen LogP contribution < -0.4 is 0 Å². The highest BCUT2D eigenvalue weighted by Crippen LogP contribution is 2.24. The number of esters is 1. The molecule has 0 radical (unpaired) electrons. The van der Waals surface area contributed by atoms with Crippen molar-refractivity contribution in [1.82, 2.24) is 19.9 Å². The summed E-state index contributed by atoms with van der Waals surface area (Å²) in [4.78, 5) is 16.6. The molecule has 8 heteroatoms. The molecule has 136 valence electrons. The van der Waals surface area contributed by atoms with Crippen molar-refractivity contribution >= 4 is 17.6 Å². The molecule has 0 N–H and O–H groups in total. The molecule has 0 bridgehead atoms. The molecule has 2 heterocycles. The molecule has 0 aliphatic carbocycles. The molecule has 0 fully saturated rings. The van der Waals surface area contributed by atoms with Crippen LogP contribution in [0.2, 0.25) is 5.15 Å². The highest BCUT2D eigenvalue weighted by Gasteiger charge is 2.23. The maximum absolute atomic E-state index is 12.4. The van der Waals surface area contributed by atoms with Gasteiger partial charge < -0.3 is 9.26 Å². The van der Waals surface area contributed by atoms with E-state index < -0.39 is 5.97 Å². The fourth-order valence-electron chi connectivity index (χ4n) is 2.47. The van der Waals surface area contributed by atoms with Gasteiger partial charge in [0.25, 0.3) is 5.89 Å². The van der Waals surface area contributed by atoms with Crippen LogP contribution in [0.25, 0.3) is 5.69 Å². The van der Waals surface area contributed by atoms with Gasteiger partial charge in [-0.2, -0.15) is 10.1 Å². The lowest BCUT2D eigenvalue weighted by atomic mass is 10.1. The largest absolute Gasteiger partial charge is 0.452 e. The Bertz CT molecular complexity index is 903. The third kappa shape index (κ3) is 3.94. The second kappa shape index (κ2) is 7.70. The van der Waals surface area contributed by atoms with Gasteiger partial charge in [0.2, 0.25) is 0 Å². The summed E-state index contributed by atoms with van der Waals surface area (Å²) in [5, 5.41) is 8.39. The van der Waals surface area contributed by atoms with Gasteiger partial charge in [-0.05, 0) is 25.0 Å². The number of para-hydroxylation sites is 1. The van der Waals surface area contributed by atoms with Crippen LogP contribution in [0.5, 0.6) is 0 Å². The second-order valence-electron chi connectivity index (χ2n) is 6.28. The Morgan fingerprint density at radius 2 is 2.04 bits per heavy atom. The number of carbonyl (C=O) groups excluding carboxylic acids is 1. The Balaban J connectivity index is 1.72. The molecule has 26 heavy (non-hydrogen) atoms. The zero-order valence-electron chi connectivity index (χ0n) is 14.8. The van der Waals surface area contributed by atoms with Crippen LogP contribution in [0.3, 0.4) is 0 Å². The van der Waals surface area contributed by atoms with E-state index in [4.69, 9.17) is 20.9 Å². The number of benzene rings is 1. The van der Waals surface area contributed by atoms with Gasteiger partial charge in [-0.15, -0.1) is 0 Å². The molecule has 0 unspecified atom stereocenters. The van der Waals surface area contributed by atoms with Gasteiger partial charge in [0.1, 0.15) is 10.7 Å². The van der Waals surface area contributed by atoms with E-state index in [-0.39, 0.29) is 23.2 Å². The van der Waals surface area contributed by atoms with Crippen molar-refractivity contribution < 1.29 is 14.1 Å². The quantitative estimate of drug-likeness (QED) is 0.611. The summed E-state index contributed by atoms with van der Waals surface area (Å²) in [6, 6.07) is 9.32. The lowest BCUT2D eigenvalue weighted by Gasteiger charge is -2.03. The second-order valence-corrected chi connectivity index (χ2v) is 6.64. The first-order valence-electron chi connectivity index (χ1n) is 8.24. The van der Waals surface area contributed by atoms with Crippen molar-refractivity contribution in [2.75, 3.05) is 0 Å². The van der Waals surface area contributed by atoms with Crippen molar-refractivity contribution in [3.8, 4) is 5.69 Å². The molecular formula is C18H19ClN4O3. The zero-order chi connectivity index (χ0) is 18.7. The number of carbonyl (C=O) groups is 1. The van der Waals surface area contributed by atoms with Gasteiger partial charge in [0.05, 0.1) is 11.4 Å². The minimum Gasteiger partial charge on any atom is -0.452 e. The molecule has 3 aromatic rings. The van der Waals surface area contributed by atoms with E-state index in [2.05, 4.69) is 29.1 Å². The first kappa shape index (κ1) is 18.1. The number of aryl methyl sites for hydroxylation is 1. The van der Waals surface area contributed by atoms with Gasteiger partial charge in [-0.1, -0.05) is 48.8 Å². The number of rotatable bonds is 6. The van der Waals surface area contributed by atoms with Crippen molar-refractivity contribution in [3.63, 3.8) is 0 Å². The lowest BCUT2D eigenvalue weighted by Crippen LogP contribution is -2.07. The van der Waals surface area contributed by atoms with Crippen LogP contribution in [0.4, 0.5) is 0 Å². The molecule has 2 aromatic heterocycles. The molecule has 0 atom stereocenters. The number of nitrogens with zero attached hydrogens (tertiary/aromatic N) is 4. The van der Waals surface area contributed by atoms with E-state index in [1.54, 1.807) is 6.92 Å². The minimum absolute atomic E-state index is 0.115. The van der Waals surface area contributed by atoms with Crippen LogP contribution in [-0.4, -0.2) is 25.9 Å². The average Bonchev–Trinajstić information content (AvgIpc) is 3.17. The van der Waals surface area contributed by atoms with Crippen molar-refractivity contribution in [2.45, 2.75) is 33.8 Å². The van der Waals surface area contributed by atoms with E-state index in [0.717, 1.165) is 5.69 Å². The number of aromatic nitrogens is 4. The van der Waals surface area contributed by atoms with Crippen molar-refractivity contribution in [3.05, 3.63) is 58.5 Å². The Morgan fingerprint density at radius 3 is 2.73 bits per heavy atom. The van der Waals surface area contributed by atoms with Gasteiger partial charge in [0, 0.05) is 6.42 Å². The standard InChI is InChI=1S/C18H19ClN4O3/c1-11(2)9-14-20-15(26-22-14)10-25-18(24)16-12(3)21-23(17(16)19)13-7-5-4-6-8-13/h4-8,11H,9-10H2,1-3H3. The van der Waals surface area contributed by atoms with Gasteiger partial charge >= 0.3 is 5.97 Å². The summed E-state index contributed by atoms with van der Waals surface area (Å²) in [6.45, 7) is 5.71. The first-order chi connectivity index (χ1) is 12.5. The normalized spacial score (nSPS) is 11.1. The van der Waals surface area contributed by atoms with Gasteiger partial charge in [0.15, 0.2) is 12.4 Å². The van der Waals surface area contributed by atoms with E-state index in [1.165, 1.54) is 4.68 Å². The average molecular weight is 375 g/mol. The molecule has 0 saturated carbocycles. The summed E-state index contributed by atoms with van der Waals surface area (Å²) in [5.74, 6) is 0.668. The van der Waals surface area contributed by atoms with Crippen LogP contribution in [0.1, 0.15) is 41.6 Å². The Labute approximate surface area is 155 Å². The van der Waals surface area contributed by atoms with E-state index >= 15 is 0 Å². The number of ether oxygens (including phenoxy) is 1. The zero-order valence-corrected chi connectivity index (χ0v) is 15.5. The summed E-state index contributed by atoms with van der Waals surface area (Å²) in [7, 11) is 0. The maximum atomic E-state index is 12.4. The molecule has 0 amide bonds. The summed E-state index contributed by atoms with van der Waals surface area (Å²) >= 11 is 6.35. The lowest BCUT2D eigenvalue weighted by molar-refractivity contribution is 0.0429. The topological polar surface area (TPSA) is 83.0 Å². The van der Waals surface area contributed by atoms with Crippen molar-refractivity contribution in [2.24, 2.45) is 5.92 Å². The fourth-order valence-corrected chi connectivity index (χ4v) is 2.82. The van der Waals surface area contributed by atoms with Crippen LogP contribution in [-0.2, 0) is 17.8 Å².